The van der Waals surface area contributed by atoms with Gasteiger partial charge in [0, 0.05) is 11.6 Å². The molecule has 0 aromatic carbocycles. The molecule has 0 unspecified atom stereocenters. The number of carboxylic acid groups (broad SMARTS) is 1. The van der Waals surface area contributed by atoms with Crippen molar-refractivity contribution in [3.63, 3.8) is 0 Å². The van der Waals surface area contributed by atoms with E-state index in [1.54, 1.807) is 0 Å². The standard InChI is InChI=1S/C13H22F3NO3/c1-12(2,3)17(11(18)19)9-4-6-10(7-5-9)20-8-13(14,15)16/h9-10H,4-8H2,1-3H3,(H,18,19)/t9-,10+. The van der Waals surface area contributed by atoms with Crippen LogP contribution in [0.3, 0.4) is 0 Å². The fourth-order valence-corrected chi connectivity index (χ4v) is 2.67. The largest absolute Gasteiger partial charge is 0.465 e. The lowest BCUT2D eigenvalue weighted by Gasteiger charge is -2.42. The van der Waals surface area contributed by atoms with Gasteiger partial charge in [-0.1, -0.05) is 0 Å². The molecule has 1 aliphatic carbocycles. The average Bonchev–Trinajstić information content (AvgIpc) is 2.24. The highest BCUT2D eigenvalue weighted by atomic mass is 19.4. The van der Waals surface area contributed by atoms with E-state index in [1.807, 2.05) is 20.8 Å². The van der Waals surface area contributed by atoms with Gasteiger partial charge in [-0.15, -0.1) is 0 Å². The number of rotatable bonds is 3. The monoisotopic (exact) mass is 297 g/mol. The fraction of sp³-hybridized carbons (Fsp3) is 0.923. The number of halogens is 3. The summed E-state index contributed by atoms with van der Waals surface area (Å²) in [6, 6.07) is -0.154. The summed E-state index contributed by atoms with van der Waals surface area (Å²) in [4.78, 5) is 12.7. The van der Waals surface area contributed by atoms with E-state index in [0.29, 0.717) is 25.7 Å². The van der Waals surface area contributed by atoms with E-state index in [-0.39, 0.29) is 6.04 Å². The summed E-state index contributed by atoms with van der Waals surface area (Å²) in [5, 5.41) is 9.28. The number of hydrogen-bond acceptors (Lipinski definition) is 2. The minimum Gasteiger partial charge on any atom is -0.465 e. The highest BCUT2D eigenvalue weighted by molar-refractivity contribution is 5.66. The van der Waals surface area contributed by atoms with Crippen molar-refractivity contribution in [2.24, 2.45) is 0 Å². The van der Waals surface area contributed by atoms with Gasteiger partial charge < -0.3 is 14.7 Å². The molecule has 0 spiro atoms. The van der Waals surface area contributed by atoms with Crippen molar-refractivity contribution in [1.29, 1.82) is 0 Å². The Morgan fingerprint density at radius 3 is 2.05 bits per heavy atom. The number of hydrogen-bond donors (Lipinski definition) is 1. The number of alkyl halides is 3. The molecule has 0 aromatic rings. The van der Waals surface area contributed by atoms with Gasteiger partial charge in [0.15, 0.2) is 0 Å². The van der Waals surface area contributed by atoms with E-state index in [2.05, 4.69) is 0 Å². The summed E-state index contributed by atoms with van der Waals surface area (Å²) in [5.41, 5.74) is -0.518. The van der Waals surface area contributed by atoms with Crippen LogP contribution in [0.1, 0.15) is 46.5 Å². The quantitative estimate of drug-likeness (QED) is 0.865. The summed E-state index contributed by atoms with van der Waals surface area (Å²) in [7, 11) is 0. The third kappa shape index (κ3) is 5.19. The Hall–Kier alpha value is -0.980. The maximum Gasteiger partial charge on any atom is 0.411 e. The molecule has 1 saturated carbocycles. The van der Waals surface area contributed by atoms with Crippen molar-refractivity contribution in [1.82, 2.24) is 4.90 Å². The van der Waals surface area contributed by atoms with Crippen LogP contribution in [0.25, 0.3) is 0 Å². The van der Waals surface area contributed by atoms with Gasteiger partial charge in [0.1, 0.15) is 6.61 Å². The molecular formula is C13H22F3NO3. The highest BCUT2D eigenvalue weighted by Crippen LogP contribution is 2.30. The third-order valence-corrected chi connectivity index (χ3v) is 3.42. The van der Waals surface area contributed by atoms with Gasteiger partial charge in [0.05, 0.1) is 6.10 Å². The molecule has 20 heavy (non-hydrogen) atoms. The Bertz CT molecular complexity index is 331. The second-order valence-corrected chi connectivity index (χ2v) is 6.18. The predicted molar refractivity (Wildman–Crippen MR) is 67.7 cm³/mol. The maximum absolute atomic E-state index is 12.1. The molecule has 1 N–H and O–H groups in total. The van der Waals surface area contributed by atoms with Gasteiger partial charge in [-0.3, -0.25) is 0 Å². The fourth-order valence-electron chi connectivity index (χ4n) is 2.67. The van der Waals surface area contributed by atoms with Crippen molar-refractivity contribution >= 4 is 6.09 Å². The molecule has 118 valence electrons. The predicted octanol–water partition coefficient (Wildman–Crippen LogP) is 3.66. The van der Waals surface area contributed by atoms with Crippen LogP contribution in [0.5, 0.6) is 0 Å². The van der Waals surface area contributed by atoms with Crippen LogP contribution in [0.2, 0.25) is 0 Å². The zero-order valence-corrected chi connectivity index (χ0v) is 12.0. The molecule has 0 heterocycles. The third-order valence-electron chi connectivity index (χ3n) is 3.42. The molecule has 1 fully saturated rings. The van der Waals surface area contributed by atoms with E-state index < -0.39 is 30.5 Å². The summed E-state index contributed by atoms with van der Waals surface area (Å²) < 4.78 is 41.0. The minimum absolute atomic E-state index is 0.154. The molecule has 4 nitrogen and oxygen atoms in total. The van der Waals surface area contributed by atoms with Gasteiger partial charge in [-0.2, -0.15) is 13.2 Å². The Morgan fingerprint density at radius 2 is 1.70 bits per heavy atom. The Balaban J connectivity index is 2.50. The van der Waals surface area contributed by atoms with E-state index in [9.17, 15) is 23.1 Å². The van der Waals surface area contributed by atoms with Gasteiger partial charge in [0.2, 0.25) is 0 Å². The first-order valence-corrected chi connectivity index (χ1v) is 6.71. The molecule has 0 bridgehead atoms. The lowest BCUT2D eigenvalue weighted by atomic mass is 9.89. The molecule has 1 rings (SSSR count). The first-order chi connectivity index (χ1) is 9.00. The van der Waals surface area contributed by atoms with Gasteiger partial charge in [-0.05, 0) is 46.5 Å². The molecule has 1 amide bonds. The lowest BCUT2D eigenvalue weighted by Crippen LogP contribution is -2.52. The van der Waals surface area contributed by atoms with Crippen LogP contribution in [0.15, 0.2) is 0 Å². The number of carbonyl (C=O) groups is 1. The summed E-state index contributed by atoms with van der Waals surface area (Å²) >= 11 is 0. The molecule has 0 aliphatic heterocycles. The SMILES string of the molecule is CC(C)(C)N(C(=O)O)[C@H]1CC[C@@H](OCC(F)(F)F)CC1. The van der Waals surface area contributed by atoms with Crippen molar-refractivity contribution in [2.75, 3.05) is 6.61 Å². The molecule has 0 saturated heterocycles. The van der Waals surface area contributed by atoms with Crippen LogP contribution in [-0.2, 0) is 4.74 Å². The van der Waals surface area contributed by atoms with E-state index in [1.165, 1.54) is 4.90 Å². The molecule has 1 aliphatic rings. The summed E-state index contributed by atoms with van der Waals surface area (Å²) in [6.45, 7) is 4.21. The van der Waals surface area contributed by atoms with Crippen molar-refractivity contribution in [3.8, 4) is 0 Å². The molecule has 0 radical (unpaired) electrons. The van der Waals surface area contributed by atoms with Crippen LogP contribution in [0.4, 0.5) is 18.0 Å². The Labute approximate surface area is 116 Å². The average molecular weight is 297 g/mol. The topological polar surface area (TPSA) is 49.8 Å². The summed E-state index contributed by atoms with van der Waals surface area (Å²) in [5.74, 6) is 0. The van der Waals surface area contributed by atoms with Crippen LogP contribution >= 0.6 is 0 Å². The smallest absolute Gasteiger partial charge is 0.411 e. The van der Waals surface area contributed by atoms with Crippen LogP contribution < -0.4 is 0 Å². The van der Waals surface area contributed by atoms with Crippen molar-refractivity contribution < 1.29 is 27.8 Å². The molecule has 7 heteroatoms. The van der Waals surface area contributed by atoms with E-state index in [0.717, 1.165) is 0 Å². The molecule has 0 aromatic heterocycles. The van der Waals surface area contributed by atoms with Crippen LogP contribution in [-0.4, -0.2) is 46.6 Å². The van der Waals surface area contributed by atoms with Gasteiger partial charge in [0.25, 0.3) is 0 Å². The Morgan fingerprint density at radius 1 is 1.20 bits per heavy atom. The van der Waals surface area contributed by atoms with Gasteiger partial charge >= 0.3 is 12.3 Å². The first kappa shape index (κ1) is 17.1. The molecular weight excluding hydrogens is 275 g/mol. The van der Waals surface area contributed by atoms with E-state index in [4.69, 9.17) is 4.74 Å². The number of nitrogens with zero attached hydrogens (tertiary/aromatic N) is 1. The second kappa shape index (κ2) is 6.20. The zero-order chi connectivity index (χ0) is 15.6. The van der Waals surface area contributed by atoms with Crippen molar-refractivity contribution in [3.05, 3.63) is 0 Å². The number of ether oxygens (including phenoxy) is 1. The van der Waals surface area contributed by atoms with Crippen LogP contribution in [0, 0.1) is 0 Å². The summed E-state index contributed by atoms with van der Waals surface area (Å²) in [6.07, 6.45) is -3.74. The lowest BCUT2D eigenvalue weighted by molar-refractivity contribution is -0.188. The molecule has 0 atom stereocenters. The minimum atomic E-state index is -4.31. The van der Waals surface area contributed by atoms with Gasteiger partial charge in [-0.25, -0.2) is 4.79 Å². The normalized spacial score (nSPS) is 24.5. The highest BCUT2D eigenvalue weighted by Gasteiger charge is 2.37. The van der Waals surface area contributed by atoms with Crippen molar-refractivity contribution in [2.45, 2.75) is 70.3 Å². The maximum atomic E-state index is 12.1. The Kier molecular flexibility index (Phi) is 5.29. The second-order valence-electron chi connectivity index (χ2n) is 6.18. The first-order valence-electron chi connectivity index (χ1n) is 6.71. The van der Waals surface area contributed by atoms with E-state index >= 15 is 0 Å². The zero-order valence-electron chi connectivity index (χ0n) is 12.0. The number of amides is 1.